The van der Waals surface area contributed by atoms with E-state index in [1.54, 1.807) is 0 Å². The molecular weight excluding hydrogens is 260 g/mol. The second-order valence-corrected chi connectivity index (χ2v) is 5.86. The standard InChI is InChI=1S/C15H21ClN2O/c1-11(10-17)14(19)18-15(7-2-3-8-15)12-5-4-6-13(16)9-12/h4-6,9,11H,2-3,7-8,10,17H2,1H3,(H,18,19). The Bertz CT molecular complexity index is 455. The lowest BCUT2D eigenvalue weighted by molar-refractivity contribution is -0.126. The third kappa shape index (κ3) is 3.10. The highest BCUT2D eigenvalue weighted by atomic mass is 35.5. The van der Waals surface area contributed by atoms with E-state index in [-0.39, 0.29) is 17.4 Å². The van der Waals surface area contributed by atoms with Crippen molar-refractivity contribution in [1.82, 2.24) is 5.32 Å². The van der Waals surface area contributed by atoms with E-state index in [0.717, 1.165) is 31.2 Å². The molecule has 3 N–H and O–H groups in total. The van der Waals surface area contributed by atoms with Crippen LogP contribution < -0.4 is 11.1 Å². The largest absolute Gasteiger partial charge is 0.346 e. The number of halogens is 1. The molecule has 0 aliphatic heterocycles. The van der Waals surface area contributed by atoms with Crippen molar-refractivity contribution in [3.63, 3.8) is 0 Å². The second-order valence-electron chi connectivity index (χ2n) is 5.43. The molecule has 19 heavy (non-hydrogen) atoms. The first-order chi connectivity index (χ1) is 9.07. The van der Waals surface area contributed by atoms with Crippen LogP contribution in [-0.4, -0.2) is 12.5 Å². The van der Waals surface area contributed by atoms with Crippen LogP contribution in [0.3, 0.4) is 0 Å². The number of benzene rings is 1. The number of hydrogen-bond acceptors (Lipinski definition) is 2. The smallest absolute Gasteiger partial charge is 0.224 e. The summed E-state index contributed by atoms with van der Waals surface area (Å²) in [5.41, 5.74) is 6.42. The molecule has 4 heteroatoms. The van der Waals surface area contributed by atoms with Crippen molar-refractivity contribution < 1.29 is 4.79 Å². The van der Waals surface area contributed by atoms with E-state index in [1.165, 1.54) is 0 Å². The lowest BCUT2D eigenvalue weighted by Crippen LogP contribution is -2.47. The number of carbonyl (C=O) groups is 1. The molecule has 1 aliphatic rings. The van der Waals surface area contributed by atoms with E-state index in [9.17, 15) is 4.79 Å². The first kappa shape index (κ1) is 14.4. The Hall–Kier alpha value is -1.06. The van der Waals surface area contributed by atoms with Crippen LogP contribution >= 0.6 is 11.6 Å². The predicted molar refractivity (Wildman–Crippen MR) is 78.0 cm³/mol. The number of nitrogens with one attached hydrogen (secondary N) is 1. The topological polar surface area (TPSA) is 55.1 Å². The highest BCUT2D eigenvalue weighted by Gasteiger charge is 2.37. The van der Waals surface area contributed by atoms with E-state index >= 15 is 0 Å². The van der Waals surface area contributed by atoms with E-state index in [4.69, 9.17) is 17.3 Å². The first-order valence-corrected chi connectivity index (χ1v) is 7.23. The van der Waals surface area contributed by atoms with Gasteiger partial charge in [0.25, 0.3) is 0 Å². The van der Waals surface area contributed by atoms with E-state index in [1.807, 2.05) is 31.2 Å². The number of amides is 1. The van der Waals surface area contributed by atoms with Gasteiger partial charge in [-0.3, -0.25) is 4.79 Å². The number of hydrogen-bond donors (Lipinski definition) is 2. The molecule has 1 aromatic rings. The molecular formula is C15H21ClN2O. The quantitative estimate of drug-likeness (QED) is 0.891. The summed E-state index contributed by atoms with van der Waals surface area (Å²) in [6.45, 7) is 2.23. The first-order valence-electron chi connectivity index (χ1n) is 6.85. The van der Waals surface area contributed by atoms with Gasteiger partial charge in [-0.1, -0.05) is 43.5 Å². The third-order valence-electron chi connectivity index (χ3n) is 4.00. The maximum atomic E-state index is 12.2. The number of carbonyl (C=O) groups excluding carboxylic acids is 1. The van der Waals surface area contributed by atoms with Crippen molar-refractivity contribution in [2.45, 2.75) is 38.1 Å². The Morgan fingerprint density at radius 1 is 1.47 bits per heavy atom. The summed E-state index contributed by atoms with van der Waals surface area (Å²) in [4.78, 5) is 12.2. The molecule has 1 fully saturated rings. The average Bonchev–Trinajstić information content (AvgIpc) is 2.87. The van der Waals surface area contributed by atoms with Gasteiger partial charge in [-0.15, -0.1) is 0 Å². The van der Waals surface area contributed by atoms with Gasteiger partial charge in [0.05, 0.1) is 5.54 Å². The lowest BCUT2D eigenvalue weighted by atomic mass is 9.87. The molecule has 1 atom stereocenters. The van der Waals surface area contributed by atoms with Crippen molar-refractivity contribution in [2.24, 2.45) is 11.7 Å². The Labute approximate surface area is 119 Å². The van der Waals surface area contributed by atoms with E-state index in [0.29, 0.717) is 11.6 Å². The molecule has 3 nitrogen and oxygen atoms in total. The van der Waals surface area contributed by atoms with Crippen molar-refractivity contribution in [1.29, 1.82) is 0 Å². The van der Waals surface area contributed by atoms with Crippen molar-refractivity contribution in [2.75, 3.05) is 6.54 Å². The van der Waals surface area contributed by atoms with Crippen LogP contribution in [0.2, 0.25) is 5.02 Å². The van der Waals surface area contributed by atoms with Gasteiger partial charge in [0.2, 0.25) is 5.91 Å². The fourth-order valence-electron chi connectivity index (χ4n) is 2.72. The van der Waals surface area contributed by atoms with Crippen molar-refractivity contribution in [3.05, 3.63) is 34.9 Å². The molecule has 0 aromatic heterocycles. The monoisotopic (exact) mass is 280 g/mol. The van der Waals surface area contributed by atoms with Gasteiger partial charge in [0.15, 0.2) is 0 Å². The van der Waals surface area contributed by atoms with Gasteiger partial charge in [0, 0.05) is 17.5 Å². The van der Waals surface area contributed by atoms with Crippen LogP contribution in [-0.2, 0) is 10.3 Å². The molecule has 2 rings (SSSR count). The summed E-state index contributed by atoms with van der Waals surface area (Å²) in [5.74, 6) is -0.124. The fraction of sp³-hybridized carbons (Fsp3) is 0.533. The molecule has 104 valence electrons. The van der Waals surface area contributed by atoms with E-state index in [2.05, 4.69) is 5.32 Å². The zero-order valence-corrected chi connectivity index (χ0v) is 12.0. The molecule has 1 aromatic carbocycles. The fourth-order valence-corrected chi connectivity index (χ4v) is 2.91. The molecule has 1 aliphatic carbocycles. The molecule has 1 saturated carbocycles. The number of rotatable bonds is 4. The molecule has 0 bridgehead atoms. The minimum Gasteiger partial charge on any atom is -0.346 e. The van der Waals surface area contributed by atoms with Crippen LogP contribution in [0, 0.1) is 5.92 Å². The van der Waals surface area contributed by atoms with Gasteiger partial charge >= 0.3 is 0 Å². The highest BCUT2D eigenvalue weighted by molar-refractivity contribution is 6.30. The molecule has 1 unspecified atom stereocenters. The van der Waals surface area contributed by atoms with Crippen LogP contribution in [0.1, 0.15) is 38.2 Å². The van der Waals surface area contributed by atoms with Gasteiger partial charge in [-0.05, 0) is 30.5 Å². The SMILES string of the molecule is CC(CN)C(=O)NC1(c2cccc(Cl)c2)CCCC1. The Kier molecular flexibility index (Phi) is 4.48. The van der Waals surface area contributed by atoms with Crippen LogP contribution in [0.25, 0.3) is 0 Å². The van der Waals surface area contributed by atoms with E-state index < -0.39 is 0 Å². The van der Waals surface area contributed by atoms with Crippen LogP contribution in [0.4, 0.5) is 0 Å². The summed E-state index contributed by atoms with van der Waals surface area (Å²) in [6, 6.07) is 7.80. The minimum atomic E-state index is -0.259. The molecule has 0 saturated heterocycles. The predicted octanol–water partition coefficient (Wildman–Crippen LogP) is 2.82. The van der Waals surface area contributed by atoms with Crippen LogP contribution in [0.5, 0.6) is 0 Å². The Morgan fingerprint density at radius 2 is 2.16 bits per heavy atom. The maximum absolute atomic E-state index is 12.2. The molecule has 0 spiro atoms. The summed E-state index contributed by atoms with van der Waals surface area (Å²) >= 11 is 6.08. The zero-order valence-electron chi connectivity index (χ0n) is 11.3. The van der Waals surface area contributed by atoms with Crippen molar-refractivity contribution in [3.8, 4) is 0 Å². The number of nitrogens with two attached hydrogens (primary N) is 1. The normalized spacial score (nSPS) is 19.1. The van der Waals surface area contributed by atoms with Gasteiger partial charge in [0.1, 0.15) is 0 Å². The Morgan fingerprint density at radius 3 is 2.74 bits per heavy atom. The zero-order chi connectivity index (χ0) is 13.9. The summed E-state index contributed by atoms with van der Waals surface area (Å²) in [6.07, 6.45) is 4.19. The molecule has 1 amide bonds. The Balaban J connectivity index is 2.26. The van der Waals surface area contributed by atoms with Gasteiger partial charge in [-0.25, -0.2) is 0 Å². The summed E-state index contributed by atoms with van der Waals surface area (Å²) in [7, 11) is 0. The van der Waals surface area contributed by atoms with Gasteiger partial charge < -0.3 is 11.1 Å². The molecule has 0 heterocycles. The maximum Gasteiger partial charge on any atom is 0.224 e. The average molecular weight is 281 g/mol. The summed E-state index contributed by atoms with van der Waals surface area (Å²) in [5, 5.41) is 3.92. The van der Waals surface area contributed by atoms with Crippen molar-refractivity contribution >= 4 is 17.5 Å². The minimum absolute atomic E-state index is 0.0318. The lowest BCUT2D eigenvalue weighted by Gasteiger charge is -2.32. The third-order valence-corrected chi connectivity index (χ3v) is 4.23. The van der Waals surface area contributed by atoms with Gasteiger partial charge in [-0.2, -0.15) is 0 Å². The van der Waals surface area contributed by atoms with Crippen LogP contribution in [0.15, 0.2) is 24.3 Å². The highest BCUT2D eigenvalue weighted by Crippen LogP contribution is 2.39. The second kappa shape index (κ2) is 5.93. The molecule has 0 radical (unpaired) electrons. The summed E-state index contributed by atoms with van der Waals surface area (Å²) < 4.78 is 0.